The van der Waals surface area contributed by atoms with Gasteiger partial charge in [-0.2, -0.15) is 0 Å². The average Bonchev–Trinajstić information content (AvgIpc) is 2.32. The lowest BCUT2D eigenvalue weighted by Crippen LogP contribution is -1.89. The molecule has 0 aliphatic heterocycles. The van der Waals surface area contributed by atoms with Crippen molar-refractivity contribution in [2.24, 2.45) is 0 Å². The summed E-state index contributed by atoms with van der Waals surface area (Å²) in [5.41, 5.74) is 9.65. The highest BCUT2D eigenvalue weighted by Gasteiger charge is 2.04. The Balaban J connectivity index is 2.52. The third kappa shape index (κ3) is 2.53. The summed E-state index contributed by atoms with van der Waals surface area (Å²) >= 11 is 5.91. The number of aryl methyl sites for hydroxylation is 1. The van der Waals surface area contributed by atoms with Gasteiger partial charge in [0.1, 0.15) is 5.75 Å². The first-order chi connectivity index (χ1) is 8.10. The second kappa shape index (κ2) is 4.68. The zero-order chi connectivity index (χ0) is 12.4. The zero-order valence-corrected chi connectivity index (χ0v) is 10.6. The third-order valence-electron chi connectivity index (χ3n) is 2.62. The second-order valence-corrected chi connectivity index (χ2v) is 4.38. The lowest BCUT2D eigenvalue weighted by atomic mass is 10.0. The average molecular weight is 248 g/mol. The molecule has 0 aromatic heterocycles. The third-order valence-corrected chi connectivity index (χ3v) is 2.96. The van der Waals surface area contributed by atoms with Crippen LogP contribution >= 0.6 is 11.6 Å². The first-order valence-electron chi connectivity index (χ1n) is 5.31. The fraction of sp³-hybridized carbons (Fsp3) is 0.143. The van der Waals surface area contributed by atoms with Crippen LogP contribution in [0.2, 0.25) is 5.02 Å². The number of benzene rings is 2. The maximum Gasteiger partial charge on any atom is 0.119 e. The van der Waals surface area contributed by atoms with Crippen molar-refractivity contribution in [2.45, 2.75) is 6.92 Å². The van der Waals surface area contributed by atoms with Crippen LogP contribution in [0.15, 0.2) is 36.4 Å². The monoisotopic (exact) mass is 247 g/mol. The molecule has 0 spiro atoms. The summed E-state index contributed by atoms with van der Waals surface area (Å²) in [6.45, 7) is 2.03. The van der Waals surface area contributed by atoms with Crippen molar-refractivity contribution in [1.29, 1.82) is 0 Å². The number of ether oxygens (including phenoxy) is 1. The topological polar surface area (TPSA) is 35.2 Å². The molecule has 0 atom stereocenters. The van der Waals surface area contributed by atoms with Crippen LogP contribution in [0.5, 0.6) is 5.75 Å². The van der Waals surface area contributed by atoms with Gasteiger partial charge in [-0.1, -0.05) is 23.7 Å². The van der Waals surface area contributed by atoms with Crippen molar-refractivity contribution in [1.82, 2.24) is 0 Å². The highest BCUT2D eigenvalue weighted by Crippen LogP contribution is 2.29. The van der Waals surface area contributed by atoms with E-state index >= 15 is 0 Å². The lowest BCUT2D eigenvalue weighted by molar-refractivity contribution is 0.414. The molecule has 0 bridgehead atoms. The summed E-state index contributed by atoms with van der Waals surface area (Å²) in [6, 6.07) is 11.7. The van der Waals surface area contributed by atoms with Gasteiger partial charge in [0.15, 0.2) is 0 Å². The summed E-state index contributed by atoms with van der Waals surface area (Å²) in [5, 5.41) is 0.577. The van der Waals surface area contributed by atoms with Gasteiger partial charge in [-0.25, -0.2) is 0 Å². The summed E-state index contributed by atoms with van der Waals surface area (Å²) in [7, 11) is 1.66. The number of methoxy groups -OCH3 is 1. The van der Waals surface area contributed by atoms with Crippen LogP contribution in [-0.2, 0) is 0 Å². The molecule has 0 radical (unpaired) electrons. The van der Waals surface area contributed by atoms with Gasteiger partial charge in [0, 0.05) is 0 Å². The van der Waals surface area contributed by atoms with E-state index in [1.165, 1.54) is 0 Å². The van der Waals surface area contributed by atoms with Gasteiger partial charge in [-0.3, -0.25) is 0 Å². The Morgan fingerprint density at radius 3 is 2.47 bits per heavy atom. The van der Waals surface area contributed by atoms with Gasteiger partial charge in [-0.15, -0.1) is 0 Å². The van der Waals surface area contributed by atoms with Gasteiger partial charge in [0.2, 0.25) is 0 Å². The lowest BCUT2D eigenvalue weighted by Gasteiger charge is -2.08. The van der Waals surface area contributed by atoms with E-state index in [2.05, 4.69) is 6.07 Å². The Hall–Kier alpha value is -1.67. The number of hydrogen-bond donors (Lipinski definition) is 1. The minimum absolute atomic E-state index is 0.577. The van der Waals surface area contributed by atoms with Gasteiger partial charge >= 0.3 is 0 Å². The summed E-state index contributed by atoms with van der Waals surface area (Å²) < 4.78 is 5.25. The summed E-state index contributed by atoms with van der Waals surface area (Å²) in [5.74, 6) is 0.841. The smallest absolute Gasteiger partial charge is 0.119 e. The van der Waals surface area contributed by atoms with Crippen molar-refractivity contribution in [2.75, 3.05) is 12.8 Å². The van der Waals surface area contributed by atoms with E-state index < -0.39 is 0 Å². The molecule has 2 nitrogen and oxygen atoms in total. The first kappa shape index (κ1) is 11.8. The van der Waals surface area contributed by atoms with Crippen LogP contribution in [0, 0.1) is 6.92 Å². The molecule has 88 valence electrons. The van der Waals surface area contributed by atoms with Gasteiger partial charge in [0.25, 0.3) is 0 Å². The molecule has 17 heavy (non-hydrogen) atoms. The molecule has 2 N–H and O–H groups in total. The molecule has 0 aliphatic carbocycles. The quantitative estimate of drug-likeness (QED) is 0.817. The van der Waals surface area contributed by atoms with E-state index in [1.807, 2.05) is 31.2 Å². The molecule has 0 saturated carbocycles. The molecule has 0 fully saturated rings. The van der Waals surface area contributed by atoms with Gasteiger partial charge in [-0.05, 0) is 47.9 Å². The maximum atomic E-state index is 5.91. The standard InChI is InChI=1S/C14H14ClNO/c1-9-5-11(7-12(6-9)17-2)10-3-4-13(15)14(16)8-10/h3-8H,16H2,1-2H3. The Bertz CT molecular complexity index is 552. The van der Waals surface area contributed by atoms with E-state index in [1.54, 1.807) is 13.2 Å². The SMILES string of the molecule is COc1cc(C)cc(-c2ccc(Cl)c(N)c2)c1. The molecule has 0 amide bonds. The van der Waals surface area contributed by atoms with Crippen LogP contribution in [0.4, 0.5) is 5.69 Å². The number of anilines is 1. The molecule has 0 saturated heterocycles. The van der Waals surface area contributed by atoms with E-state index in [9.17, 15) is 0 Å². The fourth-order valence-electron chi connectivity index (χ4n) is 1.76. The van der Waals surface area contributed by atoms with Crippen LogP contribution in [0.1, 0.15) is 5.56 Å². The summed E-state index contributed by atoms with van der Waals surface area (Å²) in [4.78, 5) is 0. The van der Waals surface area contributed by atoms with Crippen LogP contribution in [0.3, 0.4) is 0 Å². The maximum absolute atomic E-state index is 5.91. The van der Waals surface area contributed by atoms with Crippen molar-refractivity contribution in [3.05, 3.63) is 47.0 Å². The molecule has 2 aromatic rings. The predicted octanol–water partition coefficient (Wildman–Crippen LogP) is 3.91. The molecular weight excluding hydrogens is 234 g/mol. The van der Waals surface area contributed by atoms with Crippen LogP contribution in [-0.4, -0.2) is 7.11 Å². The Morgan fingerprint density at radius 1 is 1.06 bits per heavy atom. The summed E-state index contributed by atoms with van der Waals surface area (Å²) in [6.07, 6.45) is 0. The van der Waals surface area contributed by atoms with Crippen molar-refractivity contribution < 1.29 is 4.74 Å². The first-order valence-corrected chi connectivity index (χ1v) is 5.69. The largest absolute Gasteiger partial charge is 0.497 e. The molecule has 2 aromatic carbocycles. The molecule has 0 unspecified atom stereocenters. The minimum atomic E-state index is 0.577. The highest BCUT2D eigenvalue weighted by atomic mass is 35.5. The van der Waals surface area contributed by atoms with Crippen molar-refractivity contribution in [3.63, 3.8) is 0 Å². The van der Waals surface area contributed by atoms with Crippen molar-refractivity contribution in [3.8, 4) is 16.9 Å². The molecule has 0 aliphatic rings. The second-order valence-electron chi connectivity index (χ2n) is 3.98. The minimum Gasteiger partial charge on any atom is -0.497 e. The molecule has 3 heteroatoms. The molecular formula is C14H14ClNO. The predicted molar refractivity (Wildman–Crippen MR) is 72.6 cm³/mol. The van der Waals surface area contributed by atoms with Crippen molar-refractivity contribution >= 4 is 17.3 Å². The zero-order valence-electron chi connectivity index (χ0n) is 9.83. The number of hydrogen-bond acceptors (Lipinski definition) is 2. The molecule has 0 heterocycles. The van der Waals surface area contributed by atoms with E-state index in [0.717, 1.165) is 22.4 Å². The number of nitrogens with two attached hydrogens (primary N) is 1. The van der Waals surface area contributed by atoms with Gasteiger partial charge in [0.05, 0.1) is 17.8 Å². The van der Waals surface area contributed by atoms with E-state index in [4.69, 9.17) is 22.1 Å². The van der Waals surface area contributed by atoms with Crippen LogP contribution < -0.4 is 10.5 Å². The number of nitrogen functional groups attached to an aromatic ring is 1. The Labute approximate surface area is 106 Å². The fourth-order valence-corrected chi connectivity index (χ4v) is 1.87. The molecule has 2 rings (SSSR count). The number of rotatable bonds is 2. The van der Waals surface area contributed by atoms with E-state index in [0.29, 0.717) is 10.7 Å². The number of halogens is 1. The van der Waals surface area contributed by atoms with E-state index in [-0.39, 0.29) is 0 Å². The Morgan fingerprint density at radius 2 is 1.82 bits per heavy atom. The highest BCUT2D eigenvalue weighted by molar-refractivity contribution is 6.33. The normalized spacial score (nSPS) is 10.3. The van der Waals surface area contributed by atoms with Gasteiger partial charge < -0.3 is 10.5 Å². The Kier molecular flexibility index (Phi) is 3.25. The van der Waals surface area contributed by atoms with Crippen LogP contribution in [0.25, 0.3) is 11.1 Å².